The van der Waals surface area contributed by atoms with Gasteiger partial charge in [0.15, 0.2) is 0 Å². The summed E-state index contributed by atoms with van der Waals surface area (Å²) in [4.78, 5) is 15.7. The minimum atomic E-state index is -0.251. The molecule has 5 heteroatoms. The van der Waals surface area contributed by atoms with Crippen LogP contribution in [0.2, 0.25) is 0 Å². The molecule has 0 aliphatic heterocycles. The molecule has 0 atom stereocenters. The average molecular weight is 310 g/mol. The Morgan fingerprint density at radius 2 is 2.11 bits per heavy atom. The first kappa shape index (κ1) is 13.1. The van der Waals surface area contributed by atoms with Gasteiger partial charge in [-0.05, 0) is 37.8 Å². The summed E-state index contributed by atoms with van der Waals surface area (Å²) < 4.78 is 0.887. The topological polar surface area (TPSA) is 54.0 Å². The molecule has 1 fully saturated rings. The molecule has 2 amide bonds. The third-order valence-corrected chi connectivity index (χ3v) is 3.36. The summed E-state index contributed by atoms with van der Waals surface area (Å²) >= 11 is 3.33. The molecule has 0 bridgehead atoms. The summed E-state index contributed by atoms with van der Waals surface area (Å²) in [5.74, 6) is 0.531. The van der Waals surface area contributed by atoms with Crippen LogP contribution in [0.1, 0.15) is 32.1 Å². The molecule has 1 aromatic rings. The zero-order chi connectivity index (χ0) is 12.8. The smallest absolute Gasteiger partial charge is 0.314 e. The lowest BCUT2D eigenvalue weighted by Gasteiger charge is -2.13. The predicted octanol–water partition coefficient (Wildman–Crippen LogP) is 3.81. The first-order chi connectivity index (χ1) is 8.74. The van der Waals surface area contributed by atoms with Crippen molar-refractivity contribution >= 4 is 27.8 Å². The van der Waals surface area contributed by atoms with Crippen LogP contribution in [-0.2, 0) is 0 Å². The summed E-state index contributed by atoms with van der Waals surface area (Å²) in [7, 11) is 0. The molecule has 0 aromatic carbocycles. The van der Waals surface area contributed by atoms with E-state index in [1.54, 1.807) is 12.3 Å². The molecule has 4 nitrogen and oxygen atoms in total. The van der Waals surface area contributed by atoms with Gasteiger partial charge in [-0.3, -0.25) is 5.32 Å². The fourth-order valence-electron chi connectivity index (χ4n) is 1.94. The Hall–Kier alpha value is -1.36. The van der Waals surface area contributed by atoms with E-state index >= 15 is 0 Å². The van der Waals surface area contributed by atoms with Crippen LogP contribution in [0, 0.1) is 0 Å². The molecule has 1 aromatic heterocycles. The number of allylic oxidation sites excluding steroid dienone is 1. The Kier molecular flexibility index (Phi) is 4.75. The highest BCUT2D eigenvalue weighted by atomic mass is 79.9. The highest BCUT2D eigenvalue weighted by molar-refractivity contribution is 9.10. The number of urea groups is 1. The van der Waals surface area contributed by atoms with Crippen molar-refractivity contribution in [2.24, 2.45) is 0 Å². The van der Waals surface area contributed by atoms with Crippen molar-refractivity contribution in [1.29, 1.82) is 0 Å². The van der Waals surface area contributed by atoms with Crippen molar-refractivity contribution in [1.82, 2.24) is 10.3 Å². The molecule has 0 unspecified atom stereocenters. The van der Waals surface area contributed by atoms with Crippen LogP contribution in [0.3, 0.4) is 0 Å². The van der Waals surface area contributed by atoms with E-state index in [1.165, 1.54) is 24.8 Å². The lowest BCUT2D eigenvalue weighted by Crippen LogP contribution is -2.25. The summed E-state index contributed by atoms with van der Waals surface area (Å²) in [6.07, 6.45) is 9.40. The van der Waals surface area contributed by atoms with E-state index in [0.717, 1.165) is 17.3 Å². The highest BCUT2D eigenvalue weighted by Crippen LogP contribution is 2.21. The minimum absolute atomic E-state index is 0.251. The van der Waals surface area contributed by atoms with Crippen LogP contribution in [0.25, 0.3) is 0 Å². The van der Waals surface area contributed by atoms with Gasteiger partial charge in [-0.15, -0.1) is 0 Å². The molecule has 1 aliphatic carbocycles. The number of amides is 2. The third kappa shape index (κ3) is 4.14. The second-order valence-corrected chi connectivity index (χ2v) is 5.24. The predicted molar refractivity (Wildman–Crippen MR) is 75.3 cm³/mol. The molecule has 1 saturated carbocycles. The standard InChI is InChI=1S/C13H16BrN3O/c14-11-6-7-15-12(8-11)17-13(18)16-9-10-4-2-1-3-5-10/h6-9H,1-5H2,(H2,15,16,17,18). The Labute approximate surface area is 115 Å². The van der Waals surface area contributed by atoms with Gasteiger partial charge in [0.2, 0.25) is 0 Å². The van der Waals surface area contributed by atoms with Gasteiger partial charge >= 0.3 is 6.03 Å². The van der Waals surface area contributed by atoms with Crippen molar-refractivity contribution in [2.45, 2.75) is 32.1 Å². The van der Waals surface area contributed by atoms with Gasteiger partial charge in [-0.2, -0.15) is 0 Å². The summed E-state index contributed by atoms with van der Waals surface area (Å²) in [6.45, 7) is 0. The number of nitrogens with zero attached hydrogens (tertiary/aromatic N) is 1. The SMILES string of the molecule is O=C(NC=C1CCCCC1)Nc1cc(Br)ccn1. The summed E-state index contributed by atoms with van der Waals surface area (Å²) in [6, 6.07) is 3.32. The Morgan fingerprint density at radius 1 is 1.33 bits per heavy atom. The maximum Gasteiger partial charge on any atom is 0.324 e. The largest absolute Gasteiger partial charge is 0.324 e. The van der Waals surface area contributed by atoms with E-state index in [9.17, 15) is 4.79 Å². The van der Waals surface area contributed by atoms with Gasteiger partial charge in [0.25, 0.3) is 0 Å². The van der Waals surface area contributed by atoms with Crippen LogP contribution in [-0.4, -0.2) is 11.0 Å². The Bertz CT molecular complexity index is 451. The number of rotatable bonds is 2. The summed E-state index contributed by atoms with van der Waals surface area (Å²) in [5.41, 5.74) is 1.32. The molecular formula is C13H16BrN3O. The number of hydrogen-bond acceptors (Lipinski definition) is 2. The van der Waals surface area contributed by atoms with Gasteiger partial charge < -0.3 is 5.32 Å². The number of carbonyl (C=O) groups excluding carboxylic acids is 1. The van der Waals surface area contributed by atoms with Crippen LogP contribution in [0.15, 0.2) is 34.6 Å². The molecule has 1 heterocycles. The molecule has 96 valence electrons. The first-order valence-electron chi connectivity index (χ1n) is 6.11. The van der Waals surface area contributed by atoms with E-state index in [1.807, 2.05) is 12.3 Å². The fraction of sp³-hybridized carbons (Fsp3) is 0.385. The average Bonchev–Trinajstić information content (AvgIpc) is 2.38. The first-order valence-corrected chi connectivity index (χ1v) is 6.90. The Morgan fingerprint density at radius 3 is 2.83 bits per heavy atom. The van der Waals surface area contributed by atoms with Crippen molar-refractivity contribution in [3.8, 4) is 0 Å². The molecule has 2 rings (SSSR count). The molecule has 0 spiro atoms. The van der Waals surface area contributed by atoms with Crippen LogP contribution in [0.5, 0.6) is 0 Å². The number of halogens is 1. The molecule has 0 radical (unpaired) electrons. The number of nitrogens with one attached hydrogen (secondary N) is 2. The number of hydrogen-bond donors (Lipinski definition) is 2. The lowest BCUT2D eigenvalue weighted by atomic mass is 9.96. The molecule has 0 saturated heterocycles. The van der Waals surface area contributed by atoms with E-state index in [-0.39, 0.29) is 6.03 Å². The molecule has 18 heavy (non-hydrogen) atoms. The maximum atomic E-state index is 11.6. The zero-order valence-corrected chi connectivity index (χ0v) is 11.7. The summed E-state index contributed by atoms with van der Waals surface area (Å²) in [5, 5.41) is 5.44. The van der Waals surface area contributed by atoms with Gasteiger partial charge in [0.05, 0.1) is 0 Å². The van der Waals surface area contributed by atoms with Crippen LogP contribution < -0.4 is 10.6 Å². The molecular weight excluding hydrogens is 294 g/mol. The van der Waals surface area contributed by atoms with Gasteiger partial charge in [0.1, 0.15) is 5.82 Å². The van der Waals surface area contributed by atoms with Gasteiger partial charge in [-0.25, -0.2) is 9.78 Å². The molecule has 2 N–H and O–H groups in total. The van der Waals surface area contributed by atoms with Crippen LogP contribution in [0.4, 0.5) is 10.6 Å². The van der Waals surface area contributed by atoms with E-state index in [2.05, 4.69) is 31.5 Å². The maximum absolute atomic E-state index is 11.6. The van der Waals surface area contributed by atoms with Gasteiger partial charge in [0, 0.05) is 16.9 Å². The number of anilines is 1. The van der Waals surface area contributed by atoms with E-state index in [4.69, 9.17) is 0 Å². The van der Waals surface area contributed by atoms with E-state index in [0.29, 0.717) is 5.82 Å². The van der Waals surface area contributed by atoms with Crippen molar-refractivity contribution in [2.75, 3.05) is 5.32 Å². The van der Waals surface area contributed by atoms with Crippen LogP contribution >= 0.6 is 15.9 Å². The highest BCUT2D eigenvalue weighted by Gasteiger charge is 2.06. The quantitative estimate of drug-likeness (QED) is 0.872. The zero-order valence-electron chi connectivity index (χ0n) is 10.1. The lowest BCUT2D eigenvalue weighted by molar-refractivity contribution is 0.255. The van der Waals surface area contributed by atoms with Crippen molar-refractivity contribution < 1.29 is 4.79 Å². The fourth-order valence-corrected chi connectivity index (χ4v) is 2.28. The number of aromatic nitrogens is 1. The minimum Gasteiger partial charge on any atom is -0.314 e. The Balaban J connectivity index is 1.85. The van der Waals surface area contributed by atoms with Crippen molar-refractivity contribution in [3.05, 3.63) is 34.6 Å². The number of pyridine rings is 1. The van der Waals surface area contributed by atoms with Crippen molar-refractivity contribution in [3.63, 3.8) is 0 Å². The van der Waals surface area contributed by atoms with Gasteiger partial charge in [-0.1, -0.05) is 27.9 Å². The number of carbonyl (C=O) groups is 1. The van der Waals surface area contributed by atoms with E-state index < -0.39 is 0 Å². The molecule has 1 aliphatic rings. The monoisotopic (exact) mass is 309 g/mol. The third-order valence-electron chi connectivity index (χ3n) is 2.87. The second-order valence-electron chi connectivity index (χ2n) is 4.32. The second kappa shape index (κ2) is 6.54. The normalized spacial score (nSPS) is 15.1.